The predicted octanol–water partition coefficient (Wildman–Crippen LogP) is 0.248. The van der Waals surface area contributed by atoms with E-state index in [-0.39, 0.29) is 24.3 Å². The molecule has 0 aromatic rings. The molecule has 100 valence electrons. The van der Waals surface area contributed by atoms with E-state index in [1.807, 2.05) is 27.7 Å². The first kappa shape index (κ1) is 15.9. The Balaban J connectivity index is 3.87. The van der Waals surface area contributed by atoms with Crippen molar-refractivity contribution in [2.24, 2.45) is 17.6 Å². The molecule has 0 aliphatic heterocycles. The Hall–Kier alpha value is -1.10. The molecule has 0 bridgehead atoms. The first-order valence-electron chi connectivity index (χ1n) is 6.18. The van der Waals surface area contributed by atoms with E-state index in [0.29, 0.717) is 12.5 Å². The van der Waals surface area contributed by atoms with Crippen LogP contribution in [0.1, 0.15) is 34.1 Å². The van der Waals surface area contributed by atoms with Gasteiger partial charge in [-0.25, -0.2) is 0 Å². The summed E-state index contributed by atoms with van der Waals surface area (Å²) in [6.07, 6.45) is 0.841. The van der Waals surface area contributed by atoms with Crippen LogP contribution in [0.4, 0.5) is 0 Å². The lowest BCUT2D eigenvalue weighted by molar-refractivity contribution is -0.127. The minimum Gasteiger partial charge on any atom is -0.354 e. The quantitative estimate of drug-likeness (QED) is 0.599. The highest BCUT2D eigenvalue weighted by molar-refractivity contribution is 5.87. The Labute approximate surface area is 104 Å². The van der Waals surface area contributed by atoms with Crippen molar-refractivity contribution in [3.63, 3.8) is 0 Å². The highest BCUT2D eigenvalue weighted by Gasteiger charge is 2.19. The second-order valence-corrected chi connectivity index (χ2v) is 4.83. The van der Waals surface area contributed by atoms with Crippen LogP contribution in [0.15, 0.2) is 0 Å². The summed E-state index contributed by atoms with van der Waals surface area (Å²) < 4.78 is 0. The van der Waals surface area contributed by atoms with Gasteiger partial charge >= 0.3 is 0 Å². The van der Waals surface area contributed by atoms with E-state index in [4.69, 9.17) is 5.73 Å². The van der Waals surface area contributed by atoms with Gasteiger partial charge in [-0.15, -0.1) is 0 Å². The fourth-order valence-corrected chi connectivity index (χ4v) is 1.18. The smallest absolute Gasteiger partial charge is 0.239 e. The minimum absolute atomic E-state index is 0.00428. The maximum absolute atomic E-state index is 11.6. The third-order valence-corrected chi connectivity index (χ3v) is 2.69. The molecule has 0 aromatic heterocycles. The molecule has 2 amide bonds. The first-order valence-corrected chi connectivity index (χ1v) is 6.18. The van der Waals surface area contributed by atoms with Crippen LogP contribution >= 0.6 is 0 Å². The van der Waals surface area contributed by atoms with Gasteiger partial charge in [0.1, 0.15) is 0 Å². The summed E-state index contributed by atoms with van der Waals surface area (Å²) in [4.78, 5) is 22.9. The van der Waals surface area contributed by atoms with Gasteiger partial charge in [0.15, 0.2) is 0 Å². The molecule has 0 saturated carbocycles. The minimum atomic E-state index is -0.544. The molecule has 0 fully saturated rings. The SMILES string of the molecule is CCC(C)C(N)C(=O)NCC(=O)NCC(C)C. The Morgan fingerprint density at radius 2 is 1.76 bits per heavy atom. The highest BCUT2D eigenvalue weighted by atomic mass is 16.2. The fraction of sp³-hybridized carbons (Fsp3) is 0.833. The van der Waals surface area contributed by atoms with Crippen LogP contribution < -0.4 is 16.4 Å². The van der Waals surface area contributed by atoms with E-state index in [0.717, 1.165) is 6.42 Å². The van der Waals surface area contributed by atoms with E-state index in [1.54, 1.807) is 0 Å². The second kappa shape index (κ2) is 8.06. The van der Waals surface area contributed by atoms with Crippen molar-refractivity contribution in [3.8, 4) is 0 Å². The summed E-state index contributed by atoms with van der Waals surface area (Å²) >= 11 is 0. The first-order chi connectivity index (χ1) is 7.88. The number of hydrogen-bond acceptors (Lipinski definition) is 3. The molecule has 0 spiro atoms. The molecule has 0 aliphatic rings. The van der Waals surface area contributed by atoms with Gasteiger partial charge in [0, 0.05) is 6.54 Å². The normalized spacial score (nSPS) is 14.2. The molecule has 0 heterocycles. The van der Waals surface area contributed by atoms with Crippen molar-refractivity contribution in [1.82, 2.24) is 10.6 Å². The van der Waals surface area contributed by atoms with Crippen LogP contribution in [0.2, 0.25) is 0 Å². The molecule has 0 saturated heterocycles. The molecule has 17 heavy (non-hydrogen) atoms. The molecule has 0 aliphatic carbocycles. The van der Waals surface area contributed by atoms with Gasteiger partial charge in [-0.05, 0) is 11.8 Å². The lowest BCUT2D eigenvalue weighted by atomic mass is 9.99. The zero-order valence-electron chi connectivity index (χ0n) is 11.2. The number of nitrogens with one attached hydrogen (secondary N) is 2. The lowest BCUT2D eigenvalue weighted by Gasteiger charge is -2.17. The maximum atomic E-state index is 11.6. The maximum Gasteiger partial charge on any atom is 0.239 e. The van der Waals surface area contributed by atoms with Crippen molar-refractivity contribution in [2.45, 2.75) is 40.2 Å². The van der Waals surface area contributed by atoms with Crippen LogP contribution in [0, 0.1) is 11.8 Å². The molecular formula is C12H25N3O2. The number of rotatable bonds is 7. The summed E-state index contributed by atoms with van der Waals surface area (Å²) in [5.74, 6) is 0.0770. The van der Waals surface area contributed by atoms with Crippen molar-refractivity contribution in [1.29, 1.82) is 0 Å². The molecular weight excluding hydrogens is 218 g/mol. The van der Waals surface area contributed by atoms with Gasteiger partial charge < -0.3 is 16.4 Å². The van der Waals surface area contributed by atoms with Crippen LogP contribution in [0.25, 0.3) is 0 Å². The van der Waals surface area contributed by atoms with Crippen molar-refractivity contribution < 1.29 is 9.59 Å². The van der Waals surface area contributed by atoms with Crippen molar-refractivity contribution >= 4 is 11.8 Å². The van der Waals surface area contributed by atoms with Crippen LogP contribution in [-0.4, -0.2) is 30.9 Å². The Morgan fingerprint density at radius 3 is 2.24 bits per heavy atom. The molecule has 2 unspecified atom stereocenters. The second-order valence-electron chi connectivity index (χ2n) is 4.83. The lowest BCUT2D eigenvalue weighted by Crippen LogP contribution is -2.47. The van der Waals surface area contributed by atoms with Gasteiger partial charge in [-0.1, -0.05) is 34.1 Å². The van der Waals surface area contributed by atoms with E-state index >= 15 is 0 Å². The van der Waals surface area contributed by atoms with Gasteiger partial charge in [0.25, 0.3) is 0 Å². The van der Waals surface area contributed by atoms with Crippen molar-refractivity contribution in [3.05, 3.63) is 0 Å². The Bertz CT molecular complexity index is 254. The van der Waals surface area contributed by atoms with Gasteiger partial charge in [0.05, 0.1) is 12.6 Å². The summed E-state index contributed by atoms with van der Waals surface area (Å²) in [5, 5.41) is 5.27. The Morgan fingerprint density at radius 1 is 1.18 bits per heavy atom. The number of nitrogens with two attached hydrogens (primary N) is 1. The van der Waals surface area contributed by atoms with Gasteiger partial charge in [-0.2, -0.15) is 0 Å². The molecule has 5 nitrogen and oxygen atoms in total. The molecule has 5 heteroatoms. The number of carbonyl (C=O) groups is 2. The molecule has 4 N–H and O–H groups in total. The monoisotopic (exact) mass is 243 g/mol. The van der Waals surface area contributed by atoms with Gasteiger partial charge in [-0.3, -0.25) is 9.59 Å². The van der Waals surface area contributed by atoms with E-state index < -0.39 is 6.04 Å². The van der Waals surface area contributed by atoms with E-state index in [1.165, 1.54) is 0 Å². The summed E-state index contributed by atoms with van der Waals surface area (Å²) in [6.45, 7) is 8.54. The summed E-state index contributed by atoms with van der Waals surface area (Å²) in [5.41, 5.74) is 5.74. The highest BCUT2D eigenvalue weighted by Crippen LogP contribution is 2.04. The van der Waals surface area contributed by atoms with Gasteiger partial charge in [0.2, 0.25) is 11.8 Å². The van der Waals surface area contributed by atoms with Crippen LogP contribution in [0.3, 0.4) is 0 Å². The van der Waals surface area contributed by atoms with Crippen molar-refractivity contribution in [2.75, 3.05) is 13.1 Å². The third kappa shape index (κ3) is 6.94. The topological polar surface area (TPSA) is 84.2 Å². The molecule has 0 radical (unpaired) electrons. The standard InChI is InChI=1S/C12H25N3O2/c1-5-9(4)11(13)12(17)15-7-10(16)14-6-8(2)3/h8-9,11H,5-7,13H2,1-4H3,(H,14,16)(H,15,17). The van der Waals surface area contributed by atoms with E-state index in [9.17, 15) is 9.59 Å². The molecule has 0 rings (SSSR count). The van der Waals surface area contributed by atoms with E-state index in [2.05, 4.69) is 10.6 Å². The predicted molar refractivity (Wildman–Crippen MR) is 68.3 cm³/mol. The average Bonchev–Trinajstić information content (AvgIpc) is 2.31. The summed E-state index contributed by atoms with van der Waals surface area (Å²) in [7, 11) is 0. The number of carbonyl (C=O) groups excluding carboxylic acids is 2. The zero-order valence-corrected chi connectivity index (χ0v) is 11.2. The summed E-state index contributed by atoms with van der Waals surface area (Å²) in [6, 6.07) is -0.544. The molecule has 0 aromatic carbocycles. The van der Waals surface area contributed by atoms with Crippen LogP contribution in [0.5, 0.6) is 0 Å². The Kier molecular flexibility index (Phi) is 7.54. The largest absolute Gasteiger partial charge is 0.354 e. The number of hydrogen-bond donors (Lipinski definition) is 3. The fourth-order valence-electron chi connectivity index (χ4n) is 1.18. The van der Waals surface area contributed by atoms with Crippen LogP contribution in [-0.2, 0) is 9.59 Å². The zero-order chi connectivity index (χ0) is 13.4. The molecule has 2 atom stereocenters. The average molecular weight is 243 g/mol. The number of amides is 2. The third-order valence-electron chi connectivity index (χ3n) is 2.69.